The first kappa shape index (κ1) is 44.6. The van der Waals surface area contributed by atoms with Crippen LogP contribution in [-0.2, 0) is 37.8 Å². The van der Waals surface area contributed by atoms with Crippen LogP contribution in [0.5, 0.6) is 11.5 Å². The van der Waals surface area contributed by atoms with E-state index >= 15 is 0 Å². The van der Waals surface area contributed by atoms with Gasteiger partial charge in [0.2, 0.25) is 0 Å². The summed E-state index contributed by atoms with van der Waals surface area (Å²) in [6.07, 6.45) is 2.74. The summed E-state index contributed by atoms with van der Waals surface area (Å²) >= 11 is 0. The van der Waals surface area contributed by atoms with Crippen molar-refractivity contribution in [2.75, 3.05) is 0 Å². The number of hydrogen-bond acceptors (Lipinski definition) is 4. The molecule has 9 rings (SSSR count). The van der Waals surface area contributed by atoms with Crippen molar-refractivity contribution in [2.24, 2.45) is 22.2 Å². The number of rotatable bonds is 10. The number of aromatic nitrogens is 2. The summed E-state index contributed by atoms with van der Waals surface area (Å²) in [5, 5.41) is 2.24. The van der Waals surface area contributed by atoms with Gasteiger partial charge in [-0.2, -0.15) is 6.07 Å². The maximum atomic E-state index is 7.32. The molecule has 1 aliphatic carbocycles. The van der Waals surface area contributed by atoms with E-state index in [4.69, 9.17) is 19.5 Å². The monoisotopic (exact) mass is 1010 g/mol. The molecule has 7 aromatic rings. The molecule has 0 fully saturated rings. The van der Waals surface area contributed by atoms with Crippen LogP contribution in [0.1, 0.15) is 134 Å². The van der Waals surface area contributed by atoms with Crippen molar-refractivity contribution in [3.05, 3.63) is 155 Å². The topological polar surface area (TPSA) is 48.6 Å². The van der Waals surface area contributed by atoms with E-state index in [2.05, 4.69) is 197 Å². The van der Waals surface area contributed by atoms with Gasteiger partial charge in [-0.15, -0.1) is 23.6 Å². The molecule has 0 saturated heterocycles. The smallest absolute Gasteiger partial charge is 0.510 e. The van der Waals surface area contributed by atoms with E-state index in [1.807, 2.05) is 12.3 Å². The van der Waals surface area contributed by atoms with Gasteiger partial charge in [0.05, 0.1) is 0 Å². The first-order valence-corrected chi connectivity index (χ1v) is 22.7. The maximum absolute atomic E-state index is 7.32. The zero-order valence-corrected chi connectivity index (χ0v) is 41.2. The van der Waals surface area contributed by atoms with Crippen molar-refractivity contribution in [3.8, 4) is 28.4 Å². The average molecular weight is 1020 g/mol. The fourth-order valence-electron chi connectivity index (χ4n) is 11.1. The van der Waals surface area contributed by atoms with Gasteiger partial charge in [-0.1, -0.05) is 166 Å². The van der Waals surface area contributed by atoms with E-state index in [-0.39, 0.29) is 26.5 Å². The first-order valence-electron chi connectivity index (χ1n) is 22.7. The van der Waals surface area contributed by atoms with E-state index in [1.54, 1.807) is 0 Å². The molecule has 6 heteroatoms. The van der Waals surface area contributed by atoms with Gasteiger partial charge in [0.1, 0.15) is 22.9 Å². The van der Waals surface area contributed by atoms with Crippen LogP contribution in [-0.4, -0.2) is 21.0 Å². The van der Waals surface area contributed by atoms with Crippen molar-refractivity contribution in [2.45, 2.75) is 118 Å². The third kappa shape index (κ3) is 7.37. The van der Waals surface area contributed by atoms with Gasteiger partial charge in [-0.05, 0) is 93.5 Å². The molecule has 0 radical (unpaired) electrons. The van der Waals surface area contributed by atoms with Crippen LogP contribution < -0.4 is 4.74 Å². The van der Waals surface area contributed by atoms with Crippen LogP contribution in [0, 0.1) is 29.4 Å². The zero-order chi connectivity index (χ0) is 43.9. The van der Waals surface area contributed by atoms with E-state index in [9.17, 15) is 0 Å². The summed E-state index contributed by atoms with van der Waals surface area (Å²) in [6, 6.07) is 44.4. The number of hydrogen-bond donors (Lipinski definition) is 0. The summed E-state index contributed by atoms with van der Waals surface area (Å²) in [5.74, 6) is 4.66. The van der Waals surface area contributed by atoms with Crippen molar-refractivity contribution in [1.82, 2.24) is 9.55 Å². The third-order valence-corrected chi connectivity index (χ3v) is 13.9. The Labute approximate surface area is 389 Å². The van der Waals surface area contributed by atoms with E-state index in [0.29, 0.717) is 47.0 Å². The Kier molecular flexibility index (Phi) is 11.7. The minimum atomic E-state index is -0.580. The van der Waals surface area contributed by atoms with Crippen molar-refractivity contribution >= 4 is 27.7 Å². The number of para-hydroxylation sites is 1. The molecule has 326 valence electrons. The quantitative estimate of drug-likeness (QED) is 0.128. The standard InChI is InChI=1S/C57H61N3O2.Pt/c1-34(2)44-20-17-21-45(35(3)4)53(44)40-28-41(54-59-56(12)48-22-15-13-18-39(48)33-57(56,62-54)55(9,10)11)30-43(29-40)61-42-24-25-47-46-19-14-16-23-49(46)60(50(47)32-42)51-31-38(26-27-58-51)52(36(5)6)37(7)8;/h13-29,31,34-37,52H,33H2,1-12H3;/q-2;+2/t56-,57-;/m1./s1. The van der Waals surface area contributed by atoms with Gasteiger partial charge < -0.3 is 14.0 Å². The van der Waals surface area contributed by atoms with Crippen molar-refractivity contribution in [3.63, 3.8) is 0 Å². The molecule has 63 heavy (non-hydrogen) atoms. The van der Waals surface area contributed by atoms with E-state index in [1.165, 1.54) is 33.4 Å². The molecule has 2 atom stereocenters. The molecule has 3 heterocycles. The number of benzene rings is 5. The first-order chi connectivity index (χ1) is 29.5. The molecule has 0 bridgehead atoms. The molecule has 5 nitrogen and oxygen atoms in total. The second-order valence-corrected chi connectivity index (χ2v) is 20.3. The second-order valence-electron chi connectivity index (χ2n) is 20.3. The Morgan fingerprint density at radius 2 is 1.41 bits per heavy atom. The van der Waals surface area contributed by atoms with Gasteiger partial charge in [0.25, 0.3) is 0 Å². The van der Waals surface area contributed by atoms with Gasteiger partial charge in [-0.25, -0.2) is 4.98 Å². The Bertz CT molecular complexity index is 2840. The van der Waals surface area contributed by atoms with Gasteiger partial charge in [-0.3, -0.25) is 4.99 Å². The molecule has 0 spiro atoms. The zero-order valence-electron chi connectivity index (χ0n) is 39.0. The average Bonchev–Trinajstić information content (AvgIpc) is 3.81. The minimum Gasteiger partial charge on any atom is -0.510 e. The van der Waals surface area contributed by atoms with Gasteiger partial charge in [0.15, 0.2) is 0 Å². The predicted octanol–water partition coefficient (Wildman–Crippen LogP) is 14.9. The SMILES string of the molecule is CC(C)c1cccc(C(C)C)c1-c1cc(Oc2[c-]c3c(cc2)c2ccccc2n3-c2cc(C(C(C)C)C(C)C)ccn2)[c-]c(C2=N[C@]3(C)c4ccccc4C[C@]3(C(C)(C)C)O2)c1.[Pt+2]. The van der Waals surface area contributed by atoms with Crippen molar-refractivity contribution in [1.29, 1.82) is 0 Å². The number of fused-ring (bicyclic) bond motifs is 6. The third-order valence-electron chi connectivity index (χ3n) is 13.9. The molecule has 1 aliphatic heterocycles. The number of ether oxygens (including phenoxy) is 2. The van der Waals surface area contributed by atoms with E-state index in [0.717, 1.165) is 45.2 Å². The molecule has 0 N–H and O–H groups in total. The van der Waals surface area contributed by atoms with Crippen molar-refractivity contribution < 1.29 is 30.5 Å². The van der Waals surface area contributed by atoms with Crippen LogP contribution in [0.15, 0.2) is 114 Å². The van der Waals surface area contributed by atoms with Crippen LogP contribution >= 0.6 is 0 Å². The Morgan fingerprint density at radius 1 is 0.730 bits per heavy atom. The number of nitrogens with zero attached hydrogens (tertiary/aromatic N) is 3. The second kappa shape index (κ2) is 16.5. The number of pyridine rings is 1. The minimum absolute atomic E-state index is 0. The summed E-state index contributed by atoms with van der Waals surface area (Å²) in [7, 11) is 0. The molecular weight excluding hydrogens is 954 g/mol. The predicted molar refractivity (Wildman–Crippen MR) is 256 cm³/mol. The van der Waals surface area contributed by atoms with Crippen LogP contribution in [0.2, 0.25) is 0 Å². The van der Waals surface area contributed by atoms with Crippen LogP contribution in [0.4, 0.5) is 0 Å². The Hall–Kier alpha value is -4.99. The van der Waals surface area contributed by atoms with Gasteiger partial charge >= 0.3 is 21.1 Å². The molecule has 0 saturated carbocycles. The summed E-state index contributed by atoms with van der Waals surface area (Å²) in [5.41, 5.74) is 10.1. The Morgan fingerprint density at radius 3 is 2.10 bits per heavy atom. The molecule has 5 aromatic carbocycles. The van der Waals surface area contributed by atoms with Crippen LogP contribution in [0.25, 0.3) is 38.8 Å². The largest absolute Gasteiger partial charge is 2.00 e. The fraction of sp³-hybridized carbons (Fsp3) is 0.368. The van der Waals surface area contributed by atoms with Crippen LogP contribution in [0.3, 0.4) is 0 Å². The summed E-state index contributed by atoms with van der Waals surface area (Å²) in [6.45, 7) is 27.4. The molecule has 2 aliphatic rings. The fourth-order valence-corrected chi connectivity index (χ4v) is 11.1. The summed E-state index contributed by atoms with van der Waals surface area (Å²) in [4.78, 5) is 10.5. The molecule has 0 unspecified atom stereocenters. The molecular formula is C57H61N3O2Pt. The Balaban J connectivity index is 0.00000544. The number of aliphatic imine (C=N–C) groups is 1. The van der Waals surface area contributed by atoms with Gasteiger partial charge in [0, 0.05) is 35.0 Å². The molecule has 2 aromatic heterocycles. The molecule has 0 amide bonds. The maximum Gasteiger partial charge on any atom is 2.00 e. The normalized spacial score (nSPS) is 18.4. The summed E-state index contributed by atoms with van der Waals surface area (Å²) < 4.78 is 16.5. The van der Waals surface area contributed by atoms with E-state index < -0.39 is 11.1 Å².